The van der Waals surface area contributed by atoms with E-state index in [0.717, 1.165) is 16.7 Å². The summed E-state index contributed by atoms with van der Waals surface area (Å²) in [6.07, 6.45) is 5.03. The van der Waals surface area contributed by atoms with Gasteiger partial charge >= 0.3 is 0 Å². The summed E-state index contributed by atoms with van der Waals surface area (Å²) in [5, 5.41) is 7.31. The van der Waals surface area contributed by atoms with Gasteiger partial charge in [-0.25, -0.2) is 4.68 Å². The number of aryl methyl sites for hydroxylation is 1. The number of methoxy groups -OCH3 is 2. The lowest BCUT2D eigenvalue weighted by Gasteiger charge is -2.12. The first-order chi connectivity index (χ1) is 13.6. The SMILES string of the molecule is COc1ccc(Cn2ncc(C)c2NC(=O)/C=C/c2ccccc2)cc1OC. The Kier molecular flexibility index (Phi) is 6.11. The van der Waals surface area contributed by atoms with Gasteiger partial charge in [-0.05, 0) is 36.3 Å². The van der Waals surface area contributed by atoms with Crippen molar-refractivity contribution in [3.63, 3.8) is 0 Å². The van der Waals surface area contributed by atoms with Crippen molar-refractivity contribution in [2.24, 2.45) is 0 Å². The quantitative estimate of drug-likeness (QED) is 0.634. The molecule has 1 N–H and O–H groups in total. The molecule has 0 bridgehead atoms. The zero-order chi connectivity index (χ0) is 19.9. The zero-order valence-electron chi connectivity index (χ0n) is 16.2. The molecule has 6 heteroatoms. The maximum absolute atomic E-state index is 12.3. The average molecular weight is 377 g/mol. The number of rotatable bonds is 7. The lowest BCUT2D eigenvalue weighted by Crippen LogP contribution is -2.14. The second kappa shape index (κ2) is 8.90. The van der Waals surface area contributed by atoms with E-state index in [1.165, 1.54) is 6.08 Å². The second-order valence-electron chi connectivity index (χ2n) is 6.26. The van der Waals surface area contributed by atoms with Crippen LogP contribution in [0.15, 0.2) is 60.8 Å². The summed E-state index contributed by atoms with van der Waals surface area (Å²) < 4.78 is 12.4. The smallest absolute Gasteiger partial charge is 0.249 e. The topological polar surface area (TPSA) is 65.4 Å². The van der Waals surface area contributed by atoms with E-state index < -0.39 is 0 Å². The molecule has 1 aromatic heterocycles. The van der Waals surface area contributed by atoms with Crippen LogP contribution in [-0.2, 0) is 11.3 Å². The third kappa shape index (κ3) is 4.59. The van der Waals surface area contributed by atoms with Crippen LogP contribution in [0.4, 0.5) is 5.82 Å². The minimum Gasteiger partial charge on any atom is -0.493 e. The van der Waals surface area contributed by atoms with Gasteiger partial charge in [0.25, 0.3) is 0 Å². The number of aromatic nitrogens is 2. The molecule has 144 valence electrons. The Morgan fingerprint density at radius 1 is 1.11 bits per heavy atom. The highest BCUT2D eigenvalue weighted by Crippen LogP contribution is 2.28. The molecule has 3 aromatic rings. The highest BCUT2D eigenvalue weighted by atomic mass is 16.5. The molecule has 0 aliphatic rings. The van der Waals surface area contributed by atoms with Crippen molar-refractivity contribution in [2.75, 3.05) is 19.5 Å². The van der Waals surface area contributed by atoms with Gasteiger partial charge in [-0.2, -0.15) is 5.10 Å². The third-order valence-electron chi connectivity index (χ3n) is 4.27. The number of ether oxygens (including phenoxy) is 2. The largest absolute Gasteiger partial charge is 0.493 e. The lowest BCUT2D eigenvalue weighted by molar-refractivity contribution is -0.111. The zero-order valence-corrected chi connectivity index (χ0v) is 16.2. The van der Waals surface area contributed by atoms with Crippen LogP contribution in [0.1, 0.15) is 16.7 Å². The van der Waals surface area contributed by atoms with E-state index in [-0.39, 0.29) is 5.91 Å². The van der Waals surface area contributed by atoms with Crippen molar-refractivity contribution >= 4 is 17.8 Å². The molecule has 0 saturated heterocycles. The molecule has 0 unspecified atom stereocenters. The normalized spacial score (nSPS) is 10.8. The fraction of sp³-hybridized carbons (Fsp3) is 0.182. The van der Waals surface area contributed by atoms with Crippen LogP contribution in [0, 0.1) is 6.92 Å². The monoisotopic (exact) mass is 377 g/mol. The molecule has 2 aromatic carbocycles. The fourth-order valence-electron chi connectivity index (χ4n) is 2.81. The molecule has 3 rings (SSSR count). The number of hydrogen-bond donors (Lipinski definition) is 1. The van der Waals surface area contributed by atoms with Gasteiger partial charge < -0.3 is 14.8 Å². The molecule has 0 aliphatic heterocycles. The van der Waals surface area contributed by atoms with Gasteiger partial charge in [-0.15, -0.1) is 0 Å². The van der Waals surface area contributed by atoms with Gasteiger partial charge in [0.1, 0.15) is 5.82 Å². The minimum absolute atomic E-state index is 0.207. The number of nitrogens with one attached hydrogen (secondary N) is 1. The molecular weight excluding hydrogens is 354 g/mol. The van der Waals surface area contributed by atoms with E-state index in [4.69, 9.17) is 9.47 Å². The van der Waals surface area contributed by atoms with E-state index >= 15 is 0 Å². The Balaban J connectivity index is 1.75. The number of amides is 1. The van der Waals surface area contributed by atoms with Gasteiger partial charge in [0.15, 0.2) is 11.5 Å². The number of anilines is 1. The molecule has 0 fully saturated rings. The van der Waals surface area contributed by atoms with Gasteiger partial charge in [-0.3, -0.25) is 4.79 Å². The predicted molar refractivity (Wildman–Crippen MR) is 110 cm³/mol. The Bertz CT molecular complexity index is 978. The van der Waals surface area contributed by atoms with Gasteiger partial charge in [0, 0.05) is 11.6 Å². The number of benzene rings is 2. The van der Waals surface area contributed by atoms with E-state index in [1.54, 1.807) is 31.2 Å². The third-order valence-corrected chi connectivity index (χ3v) is 4.27. The summed E-state index contributed by atoms with van der Waals surface area (Å²) in [4.78, 5) is 12.3. The Labute approximate surface area is 164 Å². The van der Waals surface area contributed by atoms with Crippen molar-refractivity contribution < 1.29 is 14.3 Å². The van der Waals surface area contributed by atoms with E-state index in [1.807, 2.05) is 55.5 Å². The molecule has 0 aliphatic carbocycles. The van der Waals surface area contributed by atoms with Gasteiger partial charge in [0.05, 0.1) is 27.0 Å². The minimum atomic E-state index is -0.207. The van der Waals surface area contributed by atoms with E-state index in [9.17, 15) is 4.79 Å². The number of carbonyl (C=O) groups is 1. The van der Waals surface area contributed by atoms with E-state index in [2.05, 4.69) is 10.4 Å². The summed E-state index contributed by atoms with van der Waals surface area (Å²) in [6.45, 7) is 2.40. The fourth-order valence-corrected chi connectivity index (χ4v) is 2.81. The molecule has 1 heterocycles. The van der Waals surface area contributed by atoms with Gasteiger partial charge in [0.2, 0.25) is 5.91 Å². The van der Waals surface area contributed by atoms with Crippen molar-refractivity contribution in [3.8, 4) is 11.5 Å². The molecule has 0 atom stereocenters. The number of carbonyl (C=O) groups excluding carboxylic acids is 1. The molecule has 1 amide bonds. The highest BCUT2D eigenvalue weighted by molar-refractivity contribution is 6.01. The predicted octanol–water partition coefficient (Wildman–Crippen LogP) is 3.91. The molecule has 0 spiro atoms. The van der Waals surface area contributed by atoms with Crippen molar-refractivity contribution in [1.82, 2.24) is 9.78 Å². The van der Waals surface area contributed by atoms with Crippen LogP contribution in [-0.4, -0.2) is 29.9 Å². The molecular formula is C22H23N3O3. The first-order valence-electron chi connectivity index (χ1n) is 8.88. The molecule has 0 saturated carbocycles. The number of nitrogens with zero attached hydrogens (tertiary/aromatic N) is 2. The Morgan fingerprint density at radius 2 is 1.86 bits per heavy atom. The number of hydrogen-bond acceptors (Lipinski definition) is 4. The van der Waals surface area contributed by atoms with Crippen molar-refractivity contribution in [1.29, 1.82) is 0 Å². The van der Waals surface area contributed by atoms with Crippen molar-refractivity contribution in [2.45, 2.75) is 13.5 Å². The maximum atomic E-state index is 12.3. The van der Waals surface area contributed by atoms with Crippen LogP contribution < -0.4 is 14.8 Å². The lowest BCUT2D eigenvalue weighted by atomic mass is 10.2. The highest BCUT2D eigenvalue weighted by Gasteiger charge is 2.12. The molecule has 28 heavy (non-hydrogen) atoms. The standard InChI is InChI=1S/C22H23N3O3/c1-16-14-23-25(15-18-9-11-19(27-2)20(13-18)28-3)22(16)24-21(26)12-10-17-7-5-4-6-8-17/h4-14H,15H2,1-3H3,(H,24,26)/b12-10+. The molecule has 0 radical (unpaired) electrons. The van der Waals surface area contributed by atoms with Crippen LogP contribution in [0.2, 0.25) is 0 Å². The second-order valence-corrected chi connectivity index (χ2v) is 6.26. The summed E-state index contributed by atoms with van der Waals surface area (Å²) in [6, 6.07) is 15.4. The summed E-state index contributed by atoms with van der Waals surface area (Å²) in [7, 11) is 3.20. The molecule has 6 nitrogen and oxygen atoms in total. The Hall–Kier alpha value is -3.54. The summed E-state index contributed by atoms with van der Waals surface area (Å²) >= 11 is 0. The van der Waals surface area contributed by atoms with Gasteiger partial charge in [-0.1, -0.05) is 36.4 Å². The Morgan fingerprint density at radius 3 is 2.57 bits per heavy atom. The van der Waals surface area contributed by atoms with Crippen LogP contribution >= 0.6 is 0 Å². The van der Waals surface area contributed by atoms with E-state index in [0.29, 0.717) is 23.9 Å². The summed E-state index contributed by atoms with van der Waals surface area (Å²) in [5.41, 5.74) is 2.84. The van der Waals surface area contributed by atoms with Crippen molar-refractivity contribution in [3.05, 3.63) is 77.5 Å². The van der Waals surface area contributed by atoms with Crippen LogP contribution in [0.25, 0.3) is 6.08 Å². The summed E-state index contributed by atoms with van der Waals surface area (Å²) in [5.74, 6) is 1.78. The maximum Gasteiger partial charge on any atom is 0.249 e. The van der Waals surface area contributed by atoms with Crippen LogP contribution in [0.3, 0.4) is 0 Å². The first kappa shape index (κ1) is 19.2. The van der Waals surface area contributed by atoms with Crippen LogP contribution in [0.5, 0.6) is 11.5 Å². The average Bonchev–Trinajstić information content (AvgIpc) is 3.06. The first-order valence-corrected chi connectivity index (χ1v) is 8.88.